The van der Waals surface area contributed by atoms with Gasteiger partial charge in [0.25, 0.3) is 0 Å². The fourth-order valence-corrected chi connectivity index (χ4v) is 6.43. The number of benzene rings is 2. The van der Waals surface area contributed by atoms with Gasteiger partial charge in [0.1, 0.15) is 11.9 Å². The highest BCUT2D eigenvalue weighted by Crippen LogP contribution is 2.52. The van der Waals surface area contributed by atoms with Crippen molar-refractivity contribution in [3.05, 3.63) is 70.8 Å². The summed E-state index contributed by atoms with van der Waals surface area (Å²) >= 11 is 0. The third kappa shape index (κ3) is 4.52. The lowest BCUT2D eigenvalue weighted by atomic mass is 9.73. The quantitative estimate of drug-likeness (QED) is 0.366. The number of hydrogen-bond acceptors (Lipinski definition) is 8. The van der Waals surface area contributed by atoms with Gasteiger partial charge in [-0.2, -0.15) is 23.7 Å². The van der Waals surface area contributed by atoms with Crippen LogP contribution < -0.4 is 0 Å². The Hall–Kier alpha value is -4.30. The second-order valence-electron chi connectivity index (χ2n) is 11.0. The summed E-state index contributed by atoms with van der Waals surface area (Å²) in [5.41, 5.74) is 0.949. The molecule has 208 valence electrons. The molecule has 3 bridgehead atoms. The molecule has 0 amide bonds. The van der Waals surface area contributed by atoms with Gasteiger partial charge < -0.3 is 4.98 Å². The average molecular weight is 561 g/mol. The van der Waals surface area contributed by atoms with E-state index in [2.05, 4.69) is 21.4 Å². The monoisotopic (exact) mass is 560 g/mol. The fraction of sp³-hybridized carbons (Fsp3) is 0.393. The Labute approximate surface area is 231 Å². The number of nitrogens with one attached hydrogen (secondary N) is 1. The van der Waals surface area contributed by atoms with E-state index < -0.39 is 17.3 Å². The number of hydroxylamine groups is 2. The van der Waals surface area contributed by atoms with Crippen LogP contribution in [0.1, 0.15) is 66.4 Å². The lowest BCUT2D eigenvalue weighted by Gasteiger charge is -2.36. The summed E-state index contributed by atoms with van der Waals surface area (Å²) < 4.78 is 41.7. The first kappa shape index (κ1) is 25.7. The molecule has 1 spiro atoms. The number of fused-ring (bicyclic) bond motifs is 3. The maximum Gasteiger partial charge on any atom is 0.417 e. The molecule has 2 aliphatic heterocycles. The molecule has 3 aliphatic rings. The van der Waals surface area contributed by atoms with Gasteiger partial charge in [-0.3, -0.25) is 9.68 Å². The largest absolute Gasteiger partial charge is 0.417 e. The summed E-state index contributed by atoms with van der Waals surface area (Å²) in [5.74, 6) is 0.880. The molecule has 2 aromatic carbocycles. The van der Waals surface area contributed by atoms with Crippen molar-refractivity contribution in [3.8, 4) is 17.8 Å². The predicted molar refractivity (Wildman–Crippen MR) is 135 cm³/mol. The minimum absolute atomic E-state index is 0.156. The molecule has 5 atom stereocenters. The minimum atomic E-state index is -4.67. The number of hydrogen-bond donors (Lipinski definition) is 1. The molecule has 1 saturated carbocycles. The molecule has 41 heavy (non-hydrogen) atoms. The van der Waals surface area contributed by atoms with E-state index in [0.717, 1.165) is 55.3 Å². The van der Waals surface area contributed by atoms with Crippen molar-refractivity contribution in [2.45, 2.75) is 62.4 Å². The van der Waals surface area contributed by atoms with E-state index >= 15 is 0 Å². The molecule has 3 fully saturated rings. The van der Waals surface area contributed by atoms with E-state index in [1.807, 2.05) is 6.07 Å². The van der Waals surface area contributed by atoms with E-state index in [0.29, 0.717) is 23.5 Å². The van der Waals surface area contributed by atoms with Crippen molar-refractivity contribution in [1.82, 2.24) is 30.2 Å². The normalized spacial score (nSPS) is 27.3. The van der Waals surface area contributed by atoms with Crippen LogP contribution in [0, 0.1) is 28.6 Å². The van der Waals surface area contributed by atoms with Gasteiger partial charge in [-0.05, 0) is 68.0 Å². The maximum atomic E-state index is 13.5. The second-order valence-corrected chi connectivity index (χ2v) is 11.0. The summed E-state index contributed by atoms with van der Waals surface area (Å²) in [7, 11) is 0. The Morgan fingerprint density at radius 1 is 1.12 bits per heavy atom. The number of alkyl halides is 3. The molecule has 4 aromatic rings. The number of nitrogens with zero attached hydrogens (tertiary/aromatic N) is 7. The van der Waals surface area contributed by atoms with E-state index in [1.54, 1.807) is 29.6 Å². The summed E-state index contributed by atoms with van der Waals surface area (Å²) in [6.07, 6.45) is 1.36. The van der Waals surface area contributed by atoms with Crippen LogP contribution in [0.3, 0.4) is 0 Å². The molecule has 7 rings (SSSR count). The van der Waals surface area contributed by atoms with Crippen LogP contribution in [0.15, 0.2) is 42.6 Å². The van der Waals surface area contributed by atoms with Crippen molar-refractivity contribution in [3.63, 3.8) is 0 Å². The van der Waals surface area contributed by atoms with Gasteiger partial charge in [-0.1, -0.05) is 16.9 Å². The number of aromatic amines is 1. The summed E-state index contributed by atoms with van der Waals surface area (Å²) in [4.78, 5) is 21.0. The maximum absolute atomic E-state index is 13.5. The number of halogens is 3. The molecule has 4 heterocycles. The van der Waals surface area contributed by atoms with E-state index in [9.17, 15) is 18.4 Å². The Morgan fingerprint density at radius 3 is 2.80 bits per heavy atom. The Morgan fingerprint density at radius 2 is 2.00 bits per heavy atom. The molecule has 0 radical (unpaired) electrons. The van der Waals surface area contributed by atoms with E-state index in [-0.39, 0.29) is 29.4 Å². The Balaban J connectivity index is 1.14. The lowest BCUT2D eigenvalue weighted by Crippen LogP contribution is -2.37. The molecular formula is C28H23F3N8O2. The summed E-state index contributed by atoms with van der Waals surface area (Å²) in [6, 6.07) is 12.3. The van der Waals surface area contributed by atoms with Crippen LogP contribution in [0.2, 0.25) is 0 Å². The Kier molecular flexibility index (Phi) is 5.87. The zero-order valence-electron chi connectivity index (χ0n) is 21.6. The van der Waals surface area contributed by atoms with Crippen molar-refractivity contribution in [2.24, 2.45) is 5.92 Å². The number of rotatable bonds is 4. The topological polar surface area (TPSA) is 129 Å². The van der Waals surface area contributed by atoms with Crippen LogP contribution in [-0.2, 0) is 22.3 Å². The van der Waals surface area contributed by atoms with Gasteiger partial charge in [0, 0.05) is 6.42 Å². The van der Waals surface area contributed by atoms with Crippen LogP contribution in [0.4, 0.5) is 13.2 Å². The van der Waals surface area contributed by atoms with E-state index in [1.165, 1.54) is 10.7 Å². The minimum Gasteiger partial charge on any atom is -0.340 e. The van der Waals surface area contributed by atoms with Crippen molar-refractivity contribution in [2.75, 3.05) is 0 Å². The number of H-pyrrole nitrogens is 1. The first-order valence-electron chi connectivity index (χ1n) is 13.3. The molecule has 13 heteroatoms. The highest BCUT2D eigenvalue weighted by molar-refractivity contribution is 5.76. The van der Waals surface area contributed by atoms with Gasteiger partial charge >= 0.3 is 6.18 Å². The molecule has 1 N–H and O–H groups in total. The van der Waals surface area contributed by atoms with Crippen LogP contribution in [0.5, 0.6) is 0 Å². The number of imidazole rings is 1. The molecule has 1 aliphatic carbocycles. The fourth-order valence-electron chi connectivity index (χ4n) is 6.43. The molecule has 2 saturated heterocycles. The van der Waals surface area contributed by atoms with Crippen LogP contribution in [-0.4, -0.2) is 41.8 Å². The molecule has 2 aromatic heterocycles. The van der Waals surface area contributed by atoms with E-state index in [4.69, 9.17) is 19.9 Å². The average Bonchev–Trinajstić information content (AvgIpc) is 3.66. The summed E-state index contributed by atoms with van der Waals surface area (Å²) in [5, 5.41) is 28.2. The zero-order chi connectivity index (χ0) is 28.4. The zero-order valence-corrected chi connectivity index (χ0v) is 21.6. The SMILES string of the molecule is N#Cc1ccc2nc(C3ON4O[C@]5(CCC[C@H]3C5)CC4Cc3cn(-c4ccc(C#N)c(C(F)(F)F)c4)nn3)[nH]c2c1. The number of aromatic nitrogens is 5. The van der Waals surface area contributed by atoms with Gasteiger partial charge in [-0.25, -0.2) is 9.67 Å². The van der Waals surface area contributed by atoms with Crippen molar-refractivity contribution in [1.29, 1.82) is 10.5 Å². The third-order valence-electron chi connectivity index (χ3n) is 8.25. The molecular weight excluding hydrogens is 537 g/mol. The summed E-state index contributed by atoms with van der Waals surface area (Å²) in [6.45, 7) is 0. The van der Waals surface area contributed by atoms with Gasteiger partial charge in [-0.15, -0.1) is 5.10 Å². The van der Waals surface area contributed by atoms with Crippen LogP contribution >= 0.6 is 0 Å². The lowest BCUT2D eigenvalue weighted by molar-refractivity contribution is -0.394. The first-order chi connectivity index (χ1) is 19.7. The third-order valence-corrected chi connectivity index (χ3v) is 8.25. The van der Waals surface area contributed by atoms with Gasteiger partial charge in [0.15, 0.2) is 0 Å². The van der Waals surface area contributed by atoms with Gasteiger partial charge in [0.05, 0.1) is 69.1 Å². The van der Waals surface area contributed by atoms with Gasteiger partial charge in [0.2, 0.25) is 0 Å². The second kappa shape index (κ2) is 9.38. The predicted octanol–water partition coefficient (Wildman–Crippen LogP) is 5.07. The highest BCUT2D eigenvalue weighted by Gasteiger charge is 2.54. The molecule has 10 nitrogen and oxygen atoms in total. The van der Waals surface area contributed by atoms with Crippen molar-refractivity contribution >= 4 is 11.0 Å². The van der Waals surface area contributed by atoms with Crippen LogP contribution in [0.25, 0.3) is 16.7 Å². The highest BCUT2D eigenvalue weighted by atomic mass is 19.4. The van der Waals surface area contributed by atoms with Crippen molar-refractivity contribution < 1.29 is 22.8 Å². The molecule has 3 unspecified atom stereocenters. The standard InChI is InChI=1S/C28H23F3N8O2/c29-28(30,31)22-10-20(5-4-18(22)14-33)38-15-19(36-37-38)9-21-12-27-7-1-2-17(11-27)25(40-39(21)41-27)26-34-23-6-3-16(13-32)8-24(23)35-26/h3-6,8,10,15,17,21,25H,1-2,7,9,11-12H2,(H,34,35)/t17-,21?,25?,27-/m0/s1. The number of nitriles is 2. The first-order valence-corrected chi connectivity index (χ1v) is 13.3. The smallest absolute Gasteiger partial charge is 0.340 e. The Bertz CT molecular complexity index is 1730.